The van der Waals surface area contributed by atoms with Crippen molar-refractivity contribution >= 4 is 5.91 Å². The van der Waals surface area contributed by atoms with Crippen molar-refractivity contribution in [2.75, 3.05) is 40.4 Å². The van der Waals surface area contributed by atoms with Gasteiger partial charge in [-0.1, -0.05) is 18.2 Å². The predicted octanol–water partition coefficient (Wildman–Crippen LogP) is 3.26. The summed E-state index contributed by atoms with van der Waals surface area (Å²) in [6.45, 7) is 7.55. The number of benzene rings is 2. The maximum atomic E-state index is 13.1. The van der Waals surface area contributed by atoms with Crippen molar-refractivity contribution in [2.45, 2.75) is 13.0 Å². The molecule has 0 unspecified atom stereocenters. The molecule has 6 heteroatoms. The molecule has 0 bridgehead atoms. The van der Waals surface area contributed by atoms with Crippen molar-refractivity contribution in [3.05, 3.63) is 71.3 Å². The van der Waals surface area contributed by atoms with Crippen molar-refractivity contribution in [1.29, 1.82) is 5.26 Å². The number of ether oxygens (including phenoxy) is 2. The lowest BCUT2D eigenvalue weighted by atomic mass is 10.0. The van der Waals surface area contributed by atoms with Gasteiger partial charge < -0.3 is 14.4 Å². The maximum absolute atomic E-state index is 13.1. The van der Waals surface area contributed by atoms with Crippen LogP contribution in [0, 0.1) is 11.3 Å². The molecule has 0 N–H and O–H groups in total. The molecule has 1 saturated heterocycles. The number of nitriles is 1. The summed E-state index contributed by atoms with van der Waals surface area (Å²) in [7, 11) is 3.17. The fourth-order valence-corrected chi connectivity index (χ4v) is 3.71. The first-order valence-electron chi connectivity index (χ1n) is 9.96. The van der Waals surface area contributed by atoms with Crippen molar-refractivity contribution in [2.24, 2.45) is 0 Å². The van der Waals surface area contributed by atoms with Crippen LogP contribution in [0.4, 0.5) is 0 Å². The van der Waals surface area contributed by atoms with Gasteiger partial charge in [-0.2, -0.15) is 5.26 Å². The average molecular weight is 405 g/mol. The number of amides is 1. The number of nitrogens with zero attached hydrogens (tertiary/aromatic N) is 3. The number of hydrogen-bond acceptors (Lipinski definition) is 5. The third-order valence-corrected chi connectivity index (χ3v) is 5.32. The normalized spacial score (nSPS) is 14.1. The van der Waals surface area contributed by atoms with Gasteiger partial charge in [0.2, 0.25) is 0 Å². The monoisotopic (exact) mass is 405 g/mol. The molecule has 0 radical (unpaired) electrons. The quantitative estimate of drug-likeness (QED) is 0.662. The maximum Gasteiger partial charge on any atom is 0.254 e. The van der Waals surface area contributed by atoms with Gasteiger partial charge in [0.1, 0.15) is 0 Å². The number of carbonyl (C=O) groups excluding carboxylic acids is 1. The molecule has 2 aromatic rings. The molecule has 1 fully saturated rings. The van der Waals surface area contributed by atoms with E-state index in [4.69, 9.17) is 14.7 Å². The van der Waals surface area contributed by atoms with Crippen LogP contribution in [0.1, 0.15) is 27.0 Å². The molecule has 1 aliphatic rings. The topological polar surface area (TPSA) is 65.8 Å². The van der Waals surface area contributed by atoms with E-state index in [-0.39, 0.29) is 5.91 Å². The number of piperazine rings is 1. The van der Waals surface area contributed by atoms with Gasteiger partial charge >= 0.3 is 0 Å². The Morgan fingerprint density at radius 3 is 2.40 bits per heavy atom. The molecule has 1 aliphatic heterocycles. The van der Waals surface area contributed by atoms with Crippen LogP contribution in [0.25, 0.3) is 0 Å². The van der Waals surface area contributed by atoms with Crippen molar-refractivity contribution in [1.82, 2.24) is 9.80 Å². The van der Waals surface area contributed by atoms with Crippen LogP contribution in [0.2, 0.25) is 0 Å². The number of hydrogen-bond donors (Lipinski definition) is 0. The van der Waals surface area contributed by atoms with Crippen LogP contribution >= 0.6 is 0 Å². The smallest absolute Gasteiger partial charge is 0.254 e. The highest BCUT2D eigenvalue weighted by molar-refractivity contribution is 5.95. The number of carbonyl (C=O) groups is 1. The molecule has 2 aromatic carbocycles. The second-order valence-electron chi connectivity index (χ2n) is 7.24. The van der Waals surface area contributed by atoms with Gasteiger partial charge in [-0.05, 0) is 36.2 Å². The molecule has 3 rings (SSSR count). The van der Waals surface area contributed by atoms with Crippen LogP contribution in [-0.2, 0) is 13.0 Å². The van der Waals surface area contributed by atoms with E-state index in [2.05, 4.69) is 17.5 Å². The van der Waals surface area contributed by atoms with Crippen molar-refractivity contribution < 1.29 is 14.3 Å². The summed E-state index contributed by atoms with van der Waals surface area (Å²) in [5.74, 6) is 1.19. The van der Waals surface area contributed by atoms with Gasteiger partial charge in [-0.25, -0.2) is 0 Å². The van der Waals surface area contributed by atoms with Gasteiger partial charge in [0.15, 0.2) is 11.5 Å². The summed E-state index contributed by atoms with van der Waals surface area (Å²) in [4.78, 5) is 17.3. The minimum Gasteiger partial charge on any atom is -0.493 e. The lowest BCUT2D eigenvalue weighted by molar-refractivity contribution is 0.0628. The Morgan fingerprint density at radius 2 is 1.83 bits per heavy atom. The summed E-state index contributed by atoms with van der Waals surface area (Å²) in [5, 5.41) is 8.92. The second-order valence-corrected chi connectivity index (χ2v) is 7.24. The first-order valence-corrected chi connectivity index (χ1v) is 9.96. The van der Waals surface area contributed by atoms with Crippen molar-refractivity contribution in [3.8, 4) is 17.6 Å². The predicted molar refractivity (Wildman–Crippen MR) is 116 cm³/mol. The molecule has 6 nitrogen and oxygen atoms in total. The minimum absolute atomic E-state index is 0.000659. The lowest BCUT2D eigenvalue weighted by Crippen LogP contribution is -2.48. The fraction of sp³-hybridized carbons (Fsp3) is 0.333. The highest BCUT2D eigenvalue weighted by Crippen LogP contribution is 2.33. The zero-order valence-corrected chi connectivity index (χ0v) is 17.6. The van der Waals surface area contributed by atoms with Gasteiger partial charge in [0, 0.05) is 43.9 Å². The summed E-state index contributed by atoms with van der Waals surface area (Å²) >= 11 is 0. The van der Waals surface area contributed by atoms with E-state index in [0.717, 1.165) is 25.2 Å². The van der Waals surface area contributed by atoms with Crippen LogP contribution in [0.5, 0.6) is 11.5 Å². The average Bonchev–Trinajstić information content (AvgIpc) is 2.79. The Labute approximate surface area is 177 Å². The van der Waals surface area contributed by atoms with E-state index in [1.807, 2.05) is 35.2 Å². The summed E-state index contributed by atoms with van der Waals surface area (Å²) in [6, 6.07) is 13.4. The molecule has 156 valence electrons. The SMILES string of the molecule is C=CCc1cc(C(=O)N2CCN(Cc3ccc(C#N)cc3)CC2)cc(OC)c1OC. The Kier molecular flexibility index (Phi) is 7.10. The summed E-state index contributed by atoms with van der Waals surface area (Å²) in [5.41, 5.74) is 3.32. The lowest BCUT2D eigenvalue weighted by Gasteiger charge is -2.35. The largest absolute Gasteiger partial charge is 0.493 e. The minimum atomic E-state index is -0.000659. The van der Waals surface area contributed by atoms with Crippen LogP contribution in [-0.4, -0.2) is 56.1 Å². The fourth-order valence-electron chi connectivity index (χ4n) is 3.71. The summed E-state index contributed by atoms with van der Waals surface area (Å²) < 4.78 is 10.9. The molecule has 0 aliphatic carbocycles. The number of methoxy groups -OCH3 is 2. The van der Waals surface area contributed by atoms with Gasteiger partial charge in [-0.3, -0.25) is 9.69 Å². The molecule has 0 atom stereocenters. The zero-order valence-electron chi connectivity index (χ0n) is 17.6. The number of rotatable bonds is 7. The summed E-state index contributed by atoms with van der Waals surface area (Å²) in [6.07, 6.45) is 2.38. The molecule has 30 heavy (non-hydrogen) atoms. The second kappa shape index (κ2) is 9.95. The van der Waals surface area contributed by atoms with E-state index >= 15 is 0 Å². The molecular weight excluding hydrogens is 378 g/mol. The molecule has 0 spiro atoms. The Balaban J connectivity index is 1.66. The third kappa shape index (κ3) is 4.81. The first kappa shape index (κ1) is 21.4. The van der Waals surface area contributed by atoms with E-state index in [1.54, 1.807) is 26.4 Å². The standard InChI is InChI=1S/C24H27N3O3/c1-4-5-20-14-21(15-22(29-2)23(20)30-3)24(28)27-12-10-26(11-13-27)17-19-8-6-18(16-25)7-9-19/h4,6-9,14-15H,1,5,10-13,17H2,2-3H3. The molecule has 0 saturated carbocycles. The Bertz CT molecular complexity index is 939. The highest BCUT2D eigenvalue weighted by atomic mass is 16.5. The molecule has 1 heterocycles. The highest BCUT2D eigenvalue weighted by Gasteiger charge is 2.24. The van der Waals surface area contributed by atoms with E-state index in [9.17, 15) is 4.79 Å². The van der Waals surface area contributed by atoms with Gasteiger partial charge in [-0.15, -0.1) is 6.58 Å². The van der Waals surface area contributed by atoms with Gasteiger partial charge in [0.05, 0.1) is 25.9 Å². The Hall–Kier alpha value is -3.30. The van der Waals surface area contributed by atoms with E-state index in [1.165, 1.54) is 5.56 Å². The van der Waals surface area contributed by atoms with Gasteiger partial charge in [0.25, 0.3) is 5.91 Å². The van der Waals surface area contributed by atoms with E-state index in [0.29, 0.717) is 42.1 Å². The van der Waals surface area contributed by atoms with Crippen molar-refractivity contribution in [3.63, 3.8) is 0 Å². The van der Waals surface area contributed by atoms with Crippen LogP contribution in [0.3, 0.4) is 0 Å². The first-order chi connectivity index (χ1) is 14.6. The molecular formula is C24H27N3O3. The van der Waals surface area contributed by atoms with E-state index < -0.39 is 0 Å². The Morgan fingerprint density at radius 1 is 1.13 bits per heavy atom. The van der Waals surface area contributed by atoms with Crippen LogP contribution in [0.15, 0.2) is 49.1 Å². The van der Waals surface area contributed by atoms with Crippen LogP contribution < -0.4 is 9.47 Å². The number of allylic oxidation sites excluding steroid dienone is 1. The third-order valence-electron chi connectivity index (χ3n) is 5.32. The molecule has 1 amide bonds. The molecule has 0 aromatic heterocycles. The zero-order chi connectivity index (χ0) is 21.5.